The zero-order chi connectivity index (χ0) is 20.9. The fraction of sp³-hybridized carbons (Fsp3) is 0.350. The van der Waals surface area contributed by atoms with E-state index < -0.39 is 15.9 Å². The van der Waals surface area contributed by atoms with Gasteiger partial charge < -0.3 is 10.1 Å². The van der Waals surface area contributed by atoms with E-state index in [0.29, 0.717) is 16.5 Å². The van der Waals surface area contributed by atoms with Gasteiger partial charge in [-0.05, 0) is 55.3 Å². The summed E-state index contributed by atoms with van der Waals surface area (Å²) in [6.45, 7) is 5.48. The summed E-state index contributed by atoms with van der Waals surface area (Å²) in [5.74, 6) is 0.372. The molecule has 2 aromatic carbocycles. The number of carbonyl (C=O) groups excluding carboxylic acids is 1. The Morgan fingerprint density at radius 2 is 1.79 bits per heavy atom. The molecule has 0 heterocycles. The summed E-state index contributed by atoms with van der Waals surface area (Å²) < 4.78 is 32.7. The Morgan fingerprint density at radius 3 is 2.32 bits per heavy atom. The van der Waals surface area contributed by atoms with Gasteiger partial charge in [-0.15, -0.1) is 0 Å². The third-order valence-electron chi connectivity index (χ3n) is 4.42. The van der Waals surface area contributed by atoms with Crippen molar-refractivity contribution in [2.75, 3.05) is 18.0 Å². The van der Waals surface area contributed by atoms with Crippen LogP contribution in [-0.2, 0) is 14.8 Å². The Hall–Kier alpha value is -2.25. The van der Waals surface area contributed by atoms with E-state index in [1.807, 2.05) is 20.8 Å². The van der Waals surface area contributed by atoms with Crippen molar-refractivity contribution in [3.63, 3.8) is 0 Å². The zero-order valence-corrected chi connectivity index (χ0v) is 17.9. The third-order valence-corrected chi connectivity index (χ3v) is 6.44. The second kappa shape index (κ2) is 9.30. The van der Waals surface area contributed by atoms with Crippen molar-refractivity contribution in [2.24, 2.45) is 5.92 Å². The lowest BCUT2D eigenvalue weighted by atomic mass is 10.1. The monoisotopic (exact) mass is 424 g/mol. The number of nitrogens with one attached hydrogen (secondary N) is 1. The molecule has 0 saturated heterocycles. The SMILES string of the molecule is COc1ccc(S(=O)(=O)N(CC(=O)N[C@@H](C)C(C)C)c2cccc(Cl)c2)cc1. The van der Waals surface area contributed by atoms with Gasteiger partial charge in [0.05, 0.1) is 17.7 Å². The van der Waals surface area contributed by atoms with Crippen molar-refractivity contribution in [1.29, 1.82) is 0 Å². The highest BCUT2D eigenvalue weighted by Gasteiger charge is 2.28. The van der Waals surface area contributed by atoms with Crippen LogP contribution in [0.15, 0.2) is 53.4 Å². The van der Waals surface area contributed by atoms with E-state index in [2.05, 4.69) is 5.32 Å². The number of hydrogen-bond acceptors (Lipinski definition) is 4. The number of hydrogen-bond donors (Lipinski definition) is 1. The molecule has 0 spiro atoms. The molecule has 0 aromatic heterocycles. The van der Waals surface area contributed by atoms with Gasteiger partial charge in [-0.1, -0.05) is 31.5 Å². The molecule has 152 valence electrons. The number of amides is 1. The predicted molar refractivity (Wildman–Crippen MR) is 111 cm³/mol. The first-order valence-electron chi connectivity index (χ1n) is 8.87. The Bertz CT molecular complexity index is 914. The first kappa shape index (κ1) is 22.0. The number of carbonyl (C=O) groups is 1. The van der Waals surface area contributed by atoms with Crippen LogP contribution in [0.3, 0.4) is 0 Å². The van der Waals surface area contributed by atoms with E-state index in [1.165, 1.54) is 25.3 Å². The van der Waals surface area contributed by atoms with Crippen LogP contribution in [0.1, 0.15) is 20.8 Å². The topological polar surface area (TPSA) is 75.7 Å². The van der Waals surface area contributed by atoms with E-state index in [9.17, 15) is 13.2 Å². The third kappa shape index (κ3) is 5.39. The fourth-order valence-corrected chi connectivity index (χ4v) is 4.02. The highest BCUT2D eigenvalue weighted by molar-refractivity contribution is 7.92. The Morgan fingerprint density at radius 1 is 1.14 bits per heavy atom. The lowest BCUT2D eigenvalue weighted by molar-refractivity contribution is -0.120. The maximum Gasteiger partial charge on any atom is 0.264 e. The average Bonchev–Trinajstić information content (AvgIpc) is 2.65. The summed E-state index contributed by atoms with van der Waals surface area (Å²) >= 11 is 6.05. The van der Waals surface area contributed by atoms with E-state index in [1.54, 1.807) is 30.3 Å². The van der Waals surface area contributed by atoms with E-state index >= 15 is 0 Å². The van der Waals surface area contributed by atoms with Crippen molar-refractivity contribution in [3.05, 3.63) is 53.6 Å². The summed E-state index contributed by atoms with van der Waals surface area (Å²) in [4.78, 5) is 12.6. The Kier molecular flexibility index (Phi) is 7.32. The van der Waals surface area contributed by atoms with Crippen LogP contribution in [0.25, 0.3) is 0 Å². The molecule has 0 aliphatic rings. The van der Waals surface area contributed by atoms with Gasteiger partial charge in [0.2, 0.25) is 5.91 Å². The average molecular weight is 425 g/mol. The lowest BCUT2D eigenvalue weighted by Gasteiger charge is -2.26. The summed E-state index contributed by atoms with van der Waals surface area (Å²) in [7, 11) is -2.49. The van der Waals surface area contributed by atoms with Crippen LogP contribution in [0.5, 0.6) is 5.75 Å². The van der Waals surface area contributed by atoms with Gasteiger partial charge in [-0.2, -0.15) is 0 Å². The van der Waals surface area contributed by atoms with Crippen LogP contribution >= 0.6 is 11.6 Å². The van der Waals surface area contributed by atoms with Gasteiger partial charge in [0.25, 0.3) is 10.0 Å². The van der Waals surface area contributed by atoms with Crippen LogP contribution < -0.4 is 14.4 Å². The number of ether oxygens (including phenoxy) is 1. The minimum Gasteiger partial charge on any atom is -0.497 e. The standard InChI is InChI=1S/C20H25ClN2O4S/c1-14(2)15(3)22-20(24)13-23(17-7-5-6-16(21)12-17)28(25,26)19-10-8-18(27-4)9-11-19/h5-12,14-15H,13H2,1-4H3,(H,22,24)/t15-/m0/s1. The maximum absolute atomic E-state index is 13.3. The summed E-state index contributed by atoms with van der Waals surface area (Å²) in [6, 6.07) is 12.3. The summed E-state index contributed by atoms with van der Waals surface area (Å²) in [5.41, 5.74) is 0.315. The molecule has 8 heteroatoms. The Balaban J connectivity index is 2.41. The van der Waals surface area contributed by atoms with Crippen molar-refractivity contribution in [2.45, 2.75) is 31.7 Å². The number of rotatable bonds is 8. The van der Waals surface area contributed by atoms with E-state index in [0.717, 1.165) is 4.31 Å². The largest absolute Gasteiger partial charge is 0.497 e. The summed E-state index contributed by atoms with van der Waals surface area (Å²) in [5, 5.41) is 3.22. The molecule has 0 radical (unpaired) electrons. The van der Waals surface area contributed by atoms with Gasteiger partial charge in [-0.3, -0.25) is 9.10 Å². The molecule has 2 aromatic rings. The molecule has 28 heavy (non-hydrogen) atoms. The van der Waals surface area contributed by atoms with E-state index in [-0.39, 0.29) is 23.4 Å². The van der Waals surface area contributed by atoms with Crippen LogP contribution in [0.4, 0.5) is 5.69 Å². The molecule has 0 aliphatic carbocycles. The second-order valence-corrected chi connectivity index (χ2v) is 9.07. The van der Waals surface area contributed by atoms with Crippen LogP contribution in [-0.4, -0.2) is 34.0 Å². The van der Waals surface area contributed by atoms with Crippen molar-refractivity contribution in [3.8, 4) is 5.75 Å². The molecule has 6 nitrogen and oxygen atoms in total. The van der Waals surface area contributed by atoms with E-state index in [4.69, 9.17) is 16.3 Å². The van der Waals surface area contributed by atoms with Gasteiger partial charge >= 0.3 is 0 Å². The molecule has 0 saturated carbocycles. The minimum absolute atomic E-state index is 0.0537. The highest BCUT2D eigenvalue weighted by Crippen LogP contribution is 2.27. The minimum atomic E-state index is -3.99. The van der Waals surface area contributed by atoms with Gasteiger partial charge in [0, 0.05) is 11.1 Å². The number of sulfonamides is 1. The number of halogens is 1. The molecule has 1 N–H and O–H groups in total. The van der Waals surface area contributed by atoms with Crippen molar-refractivity contribution >= 4 is 33.2 Å². The number of nitrogens with zero attached hydrogens (tertiary/aromatic N) is 1. The molecule has 1 amide bonds. The maximum atomic E-state index is 13.3. The summed E-state index contributed by atoms with van der Waals surface area (Å²) in [6.07, 6.45) is 0. The number of anilines is 1. The molecule has 0 aliphatic heterocycles. The van der Waals surface area contributed by atoms with Gasteiger partial charge in [0.15, 0.2) is 0 Å². The molecule has 1 atom stereocenters. The van der Waals surface area contributed by atoms with Crippen LogP contribution in [0.2, 0.25) is 5.02 Å². The predicted octanol–water partition coefficient (Wildman–Crippen LogP) is 3.70. The lowest BCUT2D eigenvalue weighted by Crippen LogP contribution is -2.45. The first-order chi connectivity index (χ1) is 13.1. The number of methoxy groups -OCH3 is 1. The normalized spacial score (nSPS) is 12.5. The molecule has 2 rings (SSSR count). The Labute approximate surface area is 171 Å². The zero-order valence-electron chi connectivity index (χ0n) is 16.3. The highest BCUT2D eigenvalue weighted by atomic mass is 35.5. The molecule has 0 unspecified atom stereocenters. The molecule has 0 fully saturated rings. The van der Waals surface area contributed by atoms with Crippen molar-refractivity contribution in [1.82, 2.24) is 5.32 Å². The first-order valence-corrected chi connectivity index (χ1v) is 10.7. The quantitative estimate of drug-likeness (QED) is 0.700. The van der Waals surface area contributed by atoms with Gasteiger partial charge in [0.1, 0.15) is 12.3 Å². The number of benzene rings is 2. The van der Waals surface area contributed by atoms with Gasteiger partial charge in [-0.25, -0.2) is 8.42 Å². The van der Waals surface area contributed by atoms with Crippen LogP contribution in [0, 0.1) is 5.92 Å². The van der Waals surface area contributed by atoms with Crippen molar-refractivity contribution < 1.29 is 17.9 Å². The molecular formula is C20H25ClN2O4S. The second-order valence-electron chi connectivity index (χ2n) is 6.77. The molecular weight excluding hydrogens is 400 g/mol. The molecule has 0 bridgehead atoms. The smallest absolute Gasteiger partial charge is 0.264 e. The fourth-order valence-electron chi connectivity index (χ4n) is 2.42.